The molecule has 5 heteroatoms. The van der Waals surface area contributed by atoms with Crippen LogP contribution in [0.25, 0.3) is 0 Å². The minimum absolute atomic E-state index is 0.107. The molecule has 0 unspecified atom stereocenters. The third-order valence-electron chi connectivity index (χ3n) is 2.37. The highest BCUT2D eigenvalue weighted by Crippen LogP contribution is 2.25. The van der Waals surface area contributed by atoms with E-state index in [4.69, 9.17) is 9.84 Å². The number of aliphatic hydroxyl groups is 1. The van der Waals surface area contributed by atoms with Crippen molar-refractivity contribution in [1.29, 1.82) is 0 Å². The molecule has 0 fully saturated rings. The standard InChI is InChI=1S/C11H14N2O3/c14-4-1-5-16-10-3-2-9-7-12-8-13(15)11(9)6-10/h2-3,6,8,12,14H,1,4-5,7H2. The molecule has 5 nitrogen and oxygen atoms in total. The van der Waals surface area contributed by atoms with Gasteiger partial charge >= 0.3 is 0 Å². The molecule has 16 heavy (non-hydrogen) atoms. The Labute approximate surface area is 93.6 Å². The van der Waals surface area contributed by atoms with E-state index in [0.29, 0.717) is 31.0 Å². The SMILES string of the molecule is [O-][N+]1=CNCc2ccc(OCCCO)cc21. The molecular weight excluding hydrogens is 208 g/mol. The van der Waals surface area contributed by atoms with E-state index < -0.39 is 0 Å². The highest BCUT2D eigenvalue weighted by atomic mass is 16.5. The van der Waals surface area contributed by atoms with Gasteiger partial charge in [-0.05, 0) is 12.1 Å². The Morgan fingerprint density at radius 3 is 3.19 bits per heavy atom. The van der Waals surface area contributed by atoms with Crippen LogP contribution in [0.5, 0.6) is 5.75 Å². The van der Waals surface area contributed by atoms with Crippen LogP contribution < -0.4 is 10.1 Å². The summed E-state index contributed by atoms with van der Waals surface area (Å²) < 4.78 is 6.19. The largest absolute Gasteiger partial charge is 0.711 e. The van der Waals surface area contributed by atoms with Gasteiger partial charge in [0.05, 0.1) is 6.61 Å². The van der Waals surface area contributed by atoms with E-state index >= 15 is 0 Å². The molecule has 0 spiro atoms. The molecule has 0 bridgehead atoms. The Hall–Kier alpha value is -1.75. The van der Waals surface area contributed by atoms with Crippen LogP contribution in [0.1, 0.15) is 12.0 Å². The molecule has 2 rings (SSSR count). The van der Waals surface area contributed by atoms with Gasteiger partial charge in [-0.1, -0.05) is 0 Å². The fourth-order valence-electron chi connectivity index (χ4n) is 1.55. The first-order valence-electron chi connectivity index (χ1n) is 5.21. The van der Waals surface area contributed by atoms with Gasteiger partial charge in [0.25, 0.3) is 0 Å². The summed E-state index contributed by atoms with van der Waals surface area (Å²) in [6, 6.07) is 5.42. The second kappa shape index (κ2) is 4.85. The first-order chi connectivity index (χ1) is 7.81. The monoisotopic (exact) mass is 222 g/mol. The Bertz CT molecular complexity index is 404. The van der Waals surface area contributed by atoms with Crippen molar-refractivity contribution in [1.82, 2.24) is 5.32 Å². The number of nitrogens with zero attached hydrogens (tertiary/aromatic N) is 1. The summed E-state index contributed by atoms with van der Waals surface area (Å²) in [6.07, 6.45) is 1.98. The summed E-state index contributed by atoms with van der Waals surface area (Å²) in [4.78, 5) is 0. The quantitative estimate of drug-likeness (QED) is 0.447. The molecule has 1 aromatic rings. The predicted octanol–water partition coefficient (Wildman–Crippen LogP) is 0.721. The van der Waals surface area contributed by atoms with Crippen molar-refractivity contribution in [3.63, 3.8) is 0 Å². The summed E-state index contributed by atoms with van der Waals surface area (Å²) >= 11 is 0. The van der Waals surface area contributed by atoms with E-state index in [1.807, 2.05) is 12.1 Å². The third kappa shape index (κ3) is 2.25. The van der Waals surface area contributed by atoms with E-state index in [-0.39, 0.29) is 6.61 Å². The molecule has 0 atom stereocenters. The van der Waals surface area contributed by atoms with Crippen LogP contribution in [0.3, 0.4) is 0 Å². The fourth-order valence-corrected chi connectivity index (χ4v) is 1.55. The van der Waals surface area contributed by atoms with Crippen molar-refractivity contribution < 1.29 is 14.6 Å². The van der Waals surface area contributed by atoms with E-state index in [0.717, 1.165) is 10.3 Å². The number of aliphatic hydroxyl groups excluding tert-OH is 1. The zero-order valence-electron chi connectivity index (χ0n) is 8.85. The van der Waals surface area contributed by atoms with Crippen molar-refractivity contribution in [2.45, 2.75) is 13.0 Å². The molecule has 0 amide bonds. The average Bonchev–Trinajstić information content (AvgIpc) is 2.30. The molecule has 86 valence electrons. The molecule has 1 heterocycles. The first kappa shape index (κ1) is 10.8. The molecule has 0 saturated heterocycles. The lowest BCUT2D eigenvalue weighted by molar-refractivity contribution is -0.360. The van der Waals surface area contributed by atoms with Gasteiger partial charge in [0.15, 0.2) is 0 Å². The van der Waals surface area contributed by atoms with E-state index in [1.54, 1.807) is 6.07 Å². The summed E-state index contributed by atoms with van der Waals surface area (Å²) in [5, 5.41) is 23.0. The summed E-state index contributed by atoms with van der Waals surface area (Å²) in [5.41, 5.74) is 1.56. The molecule has 0 radical (unpaired) electrons. The van der Waals surface area contributed by atoms with E-state index in [9.17, 15) is 5.21 Å². The molecule has 0 saturated carbocycles. The Morgan fingerprint density at radius 2 is 2.38 bits per heavy atom. The van der Waals surface area contributed by atoms with Gasteiger partial charge < -0.3 is 15.1 Å². The van der Waals surface area contributed by atoms with E-state index in [2.05, 4.69) is 5.32 Å². The summed E-state index contributed by atoms with van der Waals surface area (Å²) in [7, 11) is 0. The van der Waals surface area contributed by atoms with Crippen LogP contribution in [-0.2, 0) is 6.54 Å². The second-order valence-electron chi connectivity index (χ2n) is 3.55. The van der Waals surface area contributed by atoms with Crippen molar-refractivity contribution in [2.75, 3.05) is 13.2 Å². The smallest absolute Gasteiger partial charge is 0.240 e. The van der Waals surface area contributed by atoms with Gasteiger partial charge in [0.2, 0.25) is 6.34 Å². The lowest BCUT2D eigenvalue weighted by Crippen LogP contribution is -2.22. The third-order valence-corrected chi connectivity index (χ3v) is 2.37. The van der Waals surface area contributed by atoms with Crippen LogP contribution in [0.2, 0.25) is 0 Å². The molecule has 0 aromatic heterocycles. The summed E-state index contributed by atoms with van der Waals surface area (Å²) in [5.74, 6) is 0.656. The molecule has 1 aliphatic rings. The van der Waals surface area contributed by atoms with Crippen LogP contribution in [0, 0.1) is 5.21 Å². The van der Waals surface area contributed by atoms with Crippen LogP contribution in [0.15, 0.2) is 18.2 Å². The maximum Gasteiger partial charge on any atom is 0.240 e. The number of fused-ring (bicyclic) bond motifs is 1. The van der Waals surface area contributed by atoms with Gasteiger partial charge in [0.1, 0.15) is 18.0 Å². The maximum atomic E-state index is 11.5. The highest BCUT2D eigenvalue weighted by Gasteiger charge is 2.13. The number of benzene rings is 1. The van der Waals surface area contributed by atoms with Crippen LogP contribution in [0.4, 0.5) is 5.69 Å². The Kier molecular flexibility index (Phi) is 3.26. The lowest BCUT2D eigenvalue weighted by atomic mass is 10.1. The normalized spacial score (nSPS) is 13.7. The maximum absolute atomic E-state index is 11.5. The minimum atomic E-state index is 0.107. The average molecular weight is 222 g/mol. The summed E-state index contributed by atoms with van der Waals surface area (Å²) in [6.45, 7) is 1.22. The van der Waals surface area contributed by atoms with Gasteiger partial charge in [-0.2, -0.15) is 0 Å². The Morgan fingerprint density at radius 1 is 1.50 bits per heavy atom. The van der Waals surface area contributed by atoms with Gasteiger partial charge in [-0.3, -0.25) is 5.32 Å². The number of rotatable bonds is 4. The fraction of sp³-hybridized carbons (Fsp3) is 0.364. The van der Waals surface area contributed by atoms with Crippen LogP contribution >= 0.6 is 0 Å². The van der Waals surface area contributed by atoms with E-state index in [1.165, 1.54) is 6.34 Å². The highest BCUT2D eigenvalue weighted by molar-refractivity contribution is 5.58. The van der Waals surface area contributed by atoms with Crippen molar-refractivity contribution in [2.24, 2.45) is 0 Å². The molecular formula is C11H14N2O3. The van der Waals surface area contributed by atoms with Gasteiger partial charge in [-0.25, -0.2) is 4.74 Å². The van der Waals surface area contributed by atoms with Crippen molar-refractivity contribution in [3.8, 4) is 5.75 Å². The number of hydrogen-bond acceptors (Lipinski definition) is 4. The minimum Gasteiger partial charge on any atom is -0.711 e. The molecule has 0 aliphatic carbocycles. The van der Waals surface area contributed by atoms with Crippen LogP contribution in [-0.4, -0.2) is 29.4 Å². The van der Waals surface area contributed by atoms with Gasteiger partial charge in [-0.15, -0.1) is 0 Å². The molecule has 2 N–H and O–H groups in total. The molecule has 1 aromatic carbocycles. The zero-order chi connectivity index (χ0) is 11.4. The number of hydrogen-bond donors (Lipinski definition) is 2. The topological polar surface area (TPSA) is 67.6 Å². The number of ether oxygens (including phenoxy) is 1. The van der Waals surface area contributed by atoms with Crippen molar-refractivity contribution in [3.05, 3.63) is 29.0 Å². The lowest BCUT2D eigenvalue weighted by Gasteiger charge is -2.17. The van der Waals surface area contributed by atoms with Crippen molar-refractivity contribution >= 4 is 12.0 Å². The Balaban J connectivity index is 2.13. The first-order valence-corrected chi connectivity index (χ1v) is 5.21. The zero-order valence-corrected chi connectivity index (χ0v) is 8.85. The predicted molar refractivity (Wildman–Crippen MR) is 59.8 cm³/mol. The van der Waals surface area contributed by atoms with Gasteiger partial charge in [0, 0.05) is 24.7 Å². The molecule has 1 aliphatic heterocycles. The second-order valence-corrected chi connectivity index (χ2v) is 3.55. The number of nitrogens with one attached hydrogen (secondary N) is 1.